The fraction of sp³-hybridized carbons (Fsp3) is 0.200. The van der Waals surface area contributed by atoms with Gasteiger partial charge in [0, 0.05) is 19.3 Å². The lowest BCUT2D eigenvalue weighted by Gasteiger charge is -1.97. The summed E-state index contributed by atoms with van der Waals surface area (Å²) in [7, 11) is 0. The number of Topliss-reactive ketones (excluding diaryl/α,β-unsaturated/α-hetero) is 1. The van der Waals surface area contributed by atoms with Crippen molar-refractivity contribution in [3.8, 4) is 0 Å². The predicted octanol–water partition coefficient (Wildman–Crippen LogP) is 2.50. The minimum Gasteiger partial charge on any atom is -0.305 e. The van der Waals surface area contributed by atoms with Crippen LogP contribution in [0.3, 0.4) is 0 Å². The summed E-state index contributed by atoms with van der Waals surface area (Å²) in [6.07, 6.45) is 3.43. The van der Waals surface area contributed by atoms with Crippen LogP contribution in [0, 0.1) is 6.92 Å². The van der Waals surface area contributed by atoms with E-state index < -0.39 is 0 Å². The van der Waals surface area contributed by atoms with Gasteiger partial charge in [-0.25, -0.2) is 4.98 Å². The monoisotopic (exact) mass is 208 g/mol. The van der Waals surface area contributed by atoms with Crippen LogP contribution in [0.25, 0.3) is 5.65 Å². The molecule has 0 spiro atoms. The first-order valence-corrected chi connectivity index (χ1v) is 4.61. The van der Waals surface area contributed by atoms with Gasteiger partial charge in [0.1, 0.15) is 11.3 Å². The SMILES string of the molecule is CC(=O)c1cn2cc(Cl)cc(C)c2n1. The zero-order valence-electron chi connectivity index (χ0n) is 7.91. The molecule has 4 heteroatoms. The number of nitrogens with zero attached hydrogens (tertiary/aromatic N) is 2. The van der Waals surface area contributed by atoms with Crippen molar-refractivity contribution in [2.45, 2.75) is 13.8 Å². The maximum absolute atomic E-state index is 11.1. The first-order chi connectivity index (χ1) is 6.58. The number of rotatable bonds is 1. The summed E-state index contributed by atoms with van der Waals surface area (Å²) in [5.41, 5.74) is 2.21. The second-order valence-electron chi connectivity index (χ2n) is 3.25. The number of imidazole rings is 1. The van der Waals surface area contributed by atoms with Crippen LogP contribution < -0.4 is 0 Å². The zero-order chi connectivity index (χ0) is 10.3. The van der Waals surface area contributed by atoms with Crippen LogP contribution in [0.1, 0.15) is 23.0 Å². The van der Waals surface area contributed by atoms with Crippen molar-refractivity contribution in [1.82, 2.24) is 9.38 Å². The van der Waals surface area contributed by atoms with Crippen LogP contribution in [0.4, 0.5) is 0 Å². The van der Waals surface area contributed by atoms with Crippen molar-refractivity contribution in [3.63, 3.8) is 0 Å². The van der Waals surface area contributed by atoms with Crippen LogP contribution >= 0.6 is 11.6 Å². The molecule has 0 bridgehead atoms. The molecule has 0 fully saturated rings. The van der Waals surface area contributed by atoms with Gasteiger partial charge in [-0.2, -0.15) is 0 Å². The van der Waals surface area contributed by atoms with E-state index in [0.717, 1.165) is 11.2 Å². The van der Waals surface area contributed by atoms with E-state index in [1.807, 2.05) is 13.0 Å². The fourth-order valence-corrected chi connectivity index (χ4v) is 1.66. The lowest BCUT2D eigenvalue weighted by molar-refractivity contribution is 0.101. The van der Waals surface area contributed by atoms with Crippen molar-refractivity contribution < 1.29 is 4.79 Å². The molecule has 3 nitrogen and oxygen atoms in total. The maximum Gasteiger partial charge on any atom is 0.179 e. The third kappa shape index (κ3) is 1.40. The van der Waals surface area contributed by atoms with Gasteiger partial charge in [-0.3, -0.25) is 4.79 Å². The first-order valence-electron chi connectivity index (χ1n) is 4.24. The van der Waals surface area contributed by atoms with E-state index in [9.17, 15) is 4.79 Å². The van der Waals surface area contributed by atoms with E-state index in [1.54, 1.807) is 16.8 Å². The van der Waals surface area contributed by atoms with Gasteiger partial charge in [0.15, 0.2) is 5.78 Å². The second kappa shape index (κ2) is 3.10. The average Bonchev–Trinajstić information content (AvgIpc) is 2.47. The Labute approximate surface area is 86.3 Å². The van der Waals surface area contributed by atoms with Gasteiger partial charge in [0.05, 0.1) is 5.02 Å². The summed E-state index contributed by atoms with van der Waals surface area (Å²) >= 11 is 5.88. The van der Waals surface area contributed by atoms with Gasteiger partial charge in [-0.05, 0) is 18.6 Å². The molecule has 0 N–H and O–H groups in total. The summed E-state index contributed by atoms with van der Waals surface area (Å²) in [4.78, 5) is 15.3. The summed E-state index contributed by atoms with van der Waals surface area (Å²) in [5.74, 6) is -0.0378. The highest BCUT2D eigenvalue weighted by Gasteiger charge is 2.07. The van der Waals surface area contributed by atoms with Crippen LogP contribution in [-0.4, -0.2) is 15.2 Å². The number of fused-ring (bicyclic) bond motifs is 1. The third-order valence-electron chi connectivity index (χ3n) is 2.06. The molecule has 0 unspecified atom stereocenters. The molecule has 0 aliphatic carbocycles. The molecule has 0 aromatic carbocycles. The molecule has 0 radical (unpaired) electrons. The molecule has 2 heterocycles. The molecule has 0 saturated heterocycles. The van der Waals surface area contributed by atoms with Gasteiger partial charge < -0.3 is 4.40 Å². The molecule has 14 heavy (non-hydrogen) atoms. The van der Waals surface area contributed by atoms with Crippen molar-refractivity contribution in [2.75, 3.05) is 0 Å². The topological polar surface area (TPSA) is 34.4 Å². The summed E-state index contributed by atoms with van der Waals surface area (Å²) in [5, 5.41) is 0.641. The molecule has 0 amide bonds. The van der Waals surface area contributed by atoms with Gasteiger partial charge in [-0.15, -0.1) is 0 Å². The Bertz CT molecular complexity index is 516. The van der Waals surface area contributed by atoms with E-state index in [2.05, 4.69) is 4.98 Å². The fourth-order valence-electron chi connectivity index (χ4n) is 1.39. The molecule has 72 valence electrons. The summed E-state index contributed by atoms with van der Waals surface area (Å²) in [6.45, 7) is 3.41. The molecule has 0 atom stereocenters. The van der Waals surface area contributed by atoms with E-state index in [4.69, 9.17) is 11.6 Å². The van der Waals surface area contributed by atoms with Crippen molar-refractivity contribution >= 4 is 23.0 Å². The molecule has 0 saturated carbocycles. The highest BCUT2D eigenvalue weighted by atomic mass is 35.5. The van der Waals surface area contributed by atoms with Crippen LogP contribution in [0.5, 0.6) is 0 Å². The molecule has 2 aromatic rings. The maximum atomic E-state index is 11.1. The molecule has 2 rings (SSSR count). The van der Waals surface area contributed by atoms with Crippen molar-refractivity contribution in [1.29, 1.82) is 0 Å². The largest absolute Gasteiger partial charge is 0.305 e. The Hall–Kier alpha value is -1.35. The van der Waals surface area contributed by atoms with Crippen LogP contribution in [0.15, 0.2) is 18.5 Å². The third-order valence-corrected chi connectivity index (χ3v) is 2.27. The van der Waals surface area contributed by atoms with Crippen molar-refractivity contribution in [2.24, 2.45) is 0 Å². The number of carbonyl (C=O) groups excluding carboxylic acids is 1. The van der Waals surface area contributed by atoms with Gasteiger partial charge >= 0.3 is 0 Å². The smallest absolute Gasteiger partial charge is 0.179 e. The van der Waals surface area contributed by atoms with Gasteiger partial charge in [-0.1, -0.05) is 11.6 Å². The Kier molecular flexibility index (Phi) is 2.04. The molecule has 2 aromatic heterocycles. The quantitative estimate of drug-likeness (QED) is 0.675. The number of aromatic nitrogens is 2. The number of aryl methyl sites for hydroxylation is 1. The second-order valence-corrected chi connectivity index (χ2v) is 3.69. The normalized spacial score (nSPS) is 10.8. The molecular weight excluding hydrogens is 200 g/mol. The number of hydrogen-bond acceptors (Lipinski definition) is 2. The summed E-state index contributed by atoms with van der Waals surface area (Å²) in [6, 6.07) is 1.83. The predicted molar refractivity (Wildman–Crippen MR) is 54.9 cm³/mol. The number of hydrogen-bond donors (Lipinski definition) is 0. The number of carbonyl (C=O) groups is 1. The lowest BCUT2D eigenvalue weighted by Crippen LogP contribution is -1.90. The zero-order valence-corrected chi connectivity index (χ0v) is 8.67. The van der Waals surface area contributed by atoms with Gasteiger partial charge in [0.2, 0.25) is 0 Å². The standard InChI is InChI=1S/C10H9ClN2O/c1-6-3-8(11)4-13-5-9(7(2)14)12-10(6)13/h3-5H,1-2H3. The number of pyridine rings is 1. The van der Waals surface area contributed by atoms with Crippen molar-refractivity contribution in [3.05, 3.63) is 34.7 Å². The number of ketones is 1. The van der Waals surface area contributed by atoms with Gasteiger partial charge in [0.25, 0.3) is 0 Å². The highest BCUT2D eigenvalue weighted by molar-refractivity contribution is 6.30. The molecule has 0 aliphatic heterocycles. The Balaban J connectivity index is 2.76. The Morgan fingerprint density at radius 2 is 2.21 bits per heavy atom. The minimum absolute atomic E-state index is 0.0378. The average molecular weight is 209 g/mol. The Morgan fingerprint density at radius 3 is 2.86 bits per heavy atom. The molecule has 0 aliphatic rings. The van der Waals surface area contributed by atoms with E-state index >= 15 is 0 Å². The highest BCUT2D eigenvalue weighted by Crippen LogP contribution is 2.16. The minimum atomic E-state index is -0.0378. The number of halogens is 1. The summed E-state index contributed by atoms with van der Waals surface area (Å²) < 4.78 is 1.77. The first kappa shape index (κ1) is 9.21. The van der Waals surface area contributed by atoms with Crippen LogP contribution in [0.2, 0.25) is 5.02 Å². The lowest BCUT2D eigenvalue weighted by atomic mass is 10.3. The van der Waals surface area contributed by atoms with E-state index in [0.29, 0.717) is 10.7 Å². The van der Waals surface area contributed by atoms with Crippen LogP contribution in [-0.2, 0) is 0 Å². The van der Waals surface area contributed by atoms with E-state index in [-0.39, 0.29) is 5.78 Å². The van der Waals surface area contributed by atoms with E-state index in [1.165, 1.54) is 6.92 Å². The Morgan fingerprint density at radius 1 is 1.50 bits per heavy atom. The molecular formula is C10H9ClN2O.